The van der Waals surface area contributed by atoms with Gasteiger partial charge in [0.25, 0.3) is 5.56 Å². The van der Waals surface area contributed by atoms with Gasteiger partial charge in [-0.05, 0) is 31.7 Å². The second-order valence-corrected chi connectivity index (χ2v) is 5.97. The summed E-state index contributed by atoms with van der Waals surface area (Å²) in [5.74, 6) is 1.17. The summed E-state index contributed by atoms with van der Waals surface area (Å²) >= 11 is 0. The van der Waals surface area contributed by atoms with Crippen LogP contribution in [0.2, 0.25) is 0 Å². The van der Waals surface area contributed by atoms with Gasteiger partial charge in [0.15, 0.2) is 0 Å². The Morgan fingerprint density at radius 2 is 1.89 bits per heavy atom. The van der Waals surface area contributed by atoms with E-state index in [1.807, 2.05) is 22.9 Å². The molecule has 18 heavy (non-hydrogen) atoms. The lowest BCUT2D eigenvalue weighted by Gasteiger charge is -2.23. The van der Waals surface area contributed by atoms with E-state index in [4.69, 9.17) is 0 Å². The summed E-state index contributed by atoms with van der Waals surface area (Å²) in [6, 6.07) is 6.31. The fourth-order valence-corrected chi connectivity index (χ4v) is 2.93. The molecule has 2 rings (SSSR count). The second-order valence-electron chi connectivity index (χ2n) is 5.97. The molecule has 3 heteroatoms. The van der Waals surface area contributed by atoms with Gasteiger partial charge < -0.3 is 4.57 Å². The van der Waals surface area contributed by atoms with E-state index < -0.39 is 0 Å². The molecule has 0 aliphatic carbocycles. The van der Waals surface area contributed by atoms with Gasteiger partial charge in [-0.15, -0.1) is 0 Å². The van der Waals surface area contributed by atoms with Gasteiger partial charge in [0.2, 0.25) is 0 Å². The van der Waals surface area contributed by atoms with Gasteiger partial charge in [-0.2, -0.15) is 0 Å². The van der Waals surface area contributed by atoms with E-state index in [0.717, 1.165) is 13.1 Å². The van der Waals surface area contributed by atoms with Crippen LogP contribution in [0, 0.1) is 11.8 Å². The highest BCUT2D eigenvalue weighted by atomic mass is 16.1. The lowest BCUT2D eigenvalue weighted by molar-refractivity contribution is 0.253. The largest absolute Gasteiger partial charge is 0.311 e. The number of hydrogen-bond acceptors (Lipinski definition) is 2. The lowest BCUT2D eigenvalue weighted by atomic mass is 9.91. The Hall–Kier alpha value is -1.09. The molecule has 1 aromatic heterocycles. The first kappa shape index (κ1) is 13.3. The van der Waals surface area contributed by atoms with E-state index in [0.29, 0.717) is 23.9 Å². The molecule has 0 amide bonds. The van der Waals surface area contributed by atoms with Crippen LogP contribution in [0.3, 0.4) is 0 Å². The Bertz CT molecular complexity index is 450. The molecule has 0 radical (unpaired) electrons. The van der Waals surface area contributed by atoms with E-state index in [2.05, 4.69) is 32.6 Å². The van der Waals surface area contributed by atoms with Crippen molar-refractivity contribution in [2.45, 2.75) is 39.8 Å². The van der Waals surface area contributed by atoms with Crippen LogP contribution < -0.4 is 5.56 Å². The van der Waals surface area contributed by atoms with Gasteiger partial charge in [-0.1, -0.05) is 19.9 Å². The molecule has 0 bridgehead atoms. The molecule has 0 N–H and O–H groups in total. The predicted molar refractivity (Wildman–Crippen MR) is 74.8 cm³/mol. The van der Waals surface area contributed by atoms with Crippen molar-refractivity contribution in [1.29, 1.82) is 0 Å². The summed E-state index contributed by atoms with van der Waals surface area (Å²) in [5.41, 5.74) is 0.124. The van der Waals surface area contributed by atoms with Crippen molar-refractivity contribution >= 4 is 0 Å². The normalized spacial score (nSPS) is 25.2. The van der Waals surface area contributed by atoms with Crippen molar-refractivity contribution < 1.29 is 0 Å². The Morgan fingerprint density at radius 1 is 1.17 bits per heavy atom. The quantitative estimate of drug-likeness (QED) is 0.820. The molecule has 1 aromatic rings. The third-order valence-corrected chi connectivity index (χ3v) is 4.16. The summed E-state index contributed by atoms with van der Waals surface area (Å²) in [7, 11) is 0. The van der Waals surface area contributed by atoms with Crippen LogP contribution >= 0.6 is 0 Å². The second kappa shape index (κ2) is 5.27. The minimum atomic E-state index is 0.124. The van der Waals surface area contributed by atoms with Crippen LogP contribution in [0.15, 0.2) is 29.2 Å². The van der Waals surface area contributed by atoms with Crippen LogP contribution in [0.5, 0.6) is 0 Å². The Balaban J connectivity index is 2.30. The van der Waals surface area contributed by atoms with Crippen molar-refractivity contribution in [3.8, 4) is 0 Å². The van der Waals surface area contributed by atoms with E-state index in [1.54, 1.807) is 6.07 Å². The summed E-state index contributed by atoms with van der Waals surface area (Å²) in [6.45, 7) is 11.1. The molecular weight excluding hydrogens is 224 g/mol. The minimum Gasteiger partial charge on any atom is -0.311 e. The fraction of sp³-hybridized carbons (Fsp3) is 0.667. The van der Waals surface area contributed by atoms with Crippen LogP contribution in [-0.4, -0.2) is 28.6 Å². The number of pyridine rings is 1. The topological polar surface area (TPSA) is 25.2 Å². The van der Waals surface area contributed by atoms with Crippen LogP contribution in [-0.2, 0) is 0 Å². The molecule has 1 fully saturated rings. The maximum atomic E-state index is 12.0. The van der Waals surface area contributed by atoms with Crippen molar-refractivity contribution in [3.63, 3.8) is 0 Å². The molecule has 3 nitrogen and oxygen atoms in total. The smallest absolute Gasteiger partial charge is 0.250 e. The fourth-order valence-electron chi connectivity index (χ4n) is 2.93. The monoisotopic (exact) mass is 248 g/mol. The molecule has 1 aliphatic heterocycles. The zero-order chi connectivity index (χ0) is 13.3. The lowest BCUT2D eigenvalue weighted by Crippen LogP contribution is -2.31. The molecule has 2 atom stereocenters. The molecule has 2 unspecified atom stereocenters. The van der Waals surface area contributed by atoms with Crippen LogP contribution in [0.1, 0.15) is 33.7 Å². The summed E-state index contributed by atoms with van der Waals surface area (Å²) in [5, 5.41) is 0. The number of rotatable bonds is 3. The van der Waals surface area contributed by atoms with Crippen molar-refractivity contribution in [2.24, 2.45) is 11.8 Å². The molecule has 1 saturated heterocycles. The molecule has 0 spiro atoms. The van der Waals surface area contributed by atoms with Crippen molar-refractivity contribution in [3.05, 3.63) is 34.7 Å². The Morgan fingerprint density at radius 3 is 2.44 bits per heavy atom. The summed E-state index contributed by atoms with van der Waals surface area (Å²) in [4.78, 5) is 14.5. The predicted octanol–water partition coefficient (Wildman–Crippen LogP) is 2.39. The number of likely N-dealkylation sites (tertiary alicyclic amines) is 1. The minimum absolute atomic E-state index is 0.124. The van der Waals surface area contributed by atoms with E-state index in [1.165, 1.54) is 0 Å². The third kappa shape index (κ3) is 2.51. The zero-order valence-electron chi connectivity index (χ0n) is 11.8. The highest BCUT2D eigenvalue weighted by Crippen LogP contribution is 2.33. The third-order valence-electron chi connectivity index (χ3n) is 4.16. The standard InChI is InChI=1S/C15H24N2O/c1-11(2)13-9-16(12(3)4)10-14(13)17-8-6-5-7-15(17)18/h5-8,11-14H,9-10H2,1-4H3. The van der Waals surface area contributed by atoms with Gasteiger partial charge in [-0.3, -0.25) is 9.69 Å². The van der Waals surface area contributed by atoms with Crippen molar-refractivity contribution in [2.75, 3.05) is 13.1 Å². The van der Waals surface area contributed by atoms with E-state index >= 15 is 0 Å². The molecule has 0 saturated carbocycles. The Labute approximate surface area is 109 Å². The van der Waals surface area contributed by atoms with Gasteiger partial charge in [-0.25, -0.2) is 0 Å². The Kier molecular flexibility index (Phi) is 3.91. The van der Waals surface area contributed by atoms with E-state index in [9.17, 15) is 4.79 Å². The first-order valence-electron chi connectivity index (χ1n) is 6.92. The van der Waals surface area contributed by atoms with Gasteiger partial charge >= 0.3 is 0 Å². The van der Waals surface area contributed by atoms with Gasteiger partial charge in [0.05, 0.1) is 6.04 Å². The first-order valence-corrected chi connectivity index (χ1v) is 6.92. The SMILES string of the molecule is CC(C)C1CN(C(C)C)CC1n1ccccc1=O. The molecule has 2 heterocycles. The highest BCUT2D eigenvalue weighted by Gasteiger charge is 2.36. The average molecular weight is 248 g/mol. The number of nitrogens with zero attached hydrogens (tertiary/aromatic N) is 2. The molecular formula is C15H24N2O. The molecule has 1 aliphatic rings. The van der Waals surface area contributed by atoms with Crippen molar-refractivity contribution in [1.82, 2.24) is 9.47 Å². The van der Waals surface area contributed by atoms with Crippen LogP contribution in [0.4, 0.5) is 0 Å². The van der Waals surface area contributed by atoms with Crippen LogP contribution in [0.25, 0.3) is 0 Å². The highest BCUT2D eigenvalue weighted by molar-refractivity contribution is 4.99. The van der Waals surface area contributed by atoms with Gasteiger partial charge in [0, 0.05) is 31.4 Å². The first-order chi connectivity index (χ1) is 8.50. The zero-order valence-corrected chi connectivity index (χ0v) is 11.8. The van der Waals surface area contributed by atoms with Gasteiger partial charge in [0.1, 0.15) is 0 Å². The maximum absolute atomic E-state index is 12.0. The number of hydrogen-bond donors (Lipinski definition) is 0. The van der Waals surface area contributed by atoms with E-state index in [-0.39, 0.29) is 5.56 Å². The summed E-state index contributed by atoms with van der Waals surface area (Å²) < 4.78 is 1.92. The maximum Gasteiger partial charge on any atom is 0.250 e. The number of aromatic nitrogens is 1. The molecule has 100 valence electrons. The average Bonchev–Trinajstić information content (AvgIpc) is 2.74. The molecule has 0 aromatic carbocycles. The summed E-state index contributed by atoms with van der Waals surface area (Å²) in [6.07, 6.45) is 1.94.